The number of rotatable bonds is 6. The molecule has 0 unspecified atom stereocenters. The lowest BCUT2D eigenvalue weighted by atomic mass is 9.87. The third kappa shape index (κ3) is 7.41. The monoisotopic (exact) mass is 615 g/mol. The Morgan fingerprint density at radius 2 is 1.42 bits per heavy atom. The van der Waals surface area contributed by atoms with Crippen molar-refractivity contribution in [2.24, 2.45) is 0 Å². The smallest absolute Gasteiger partial charge is 0.276 e. The van der Waals surface area contributed by atoms with E-state index < -0.39 is 11.8 Å². The van der Waals surface area contributed by atoms with E-state index in [1.54, 1.807) is 36.4 Å². The number of carbonyl (C=O) groups excluding carboxylic acids is 3. The van der Waals surface area contributed by atoms with Crippen molar-refractivity contribution < 1.29 is 19.1 Å². The lowest BCUT2D eigenvalue weighted by molar-refractivity contribution is -0.123. The van der Waals surface area contributed by atoms with Crippen molar-refractivity contribution >= 4 is 55.3 Å². The van der Waals surface area contributed by atoms with Gasteiger partial charge in [-0.2, -0.15) is 0 Å². The quantitative estimate of drug-likeness (QED) is 0.300. The zero-order chi connectivity index (χ0) is 26.5. The maximum Gasteiger partial charge on any atom is 0.276 e. The zero-order valence-corrected chi connectivity index (χ0v) is 23.5. The van der Waals surface area contributed by atoms with Gasteiger partial charge in [0.2, 0.25) is 0 Å². The van der Waals surface area contributed by atoms with Crippen LogP contribution in [0.5, 0.6) is 5.75 Å². The molecule has 0 atom stereocenters. The van der Waals surface area contributed by atoms with Gasteiger partial charge < -0.3 is 10.1 Å². The number of benzene rings is 3. The molecule has 188 valence electrons. The van der Waals surface area contributed by atoms with Gasteiger partial charge in [-0.1, -0.05) is 48.8 Å². The molecule has 0 radical (unpaired) electrons. The maximum atomic E-state index is 12.5. The van der Waals surface area contributed by atoms with E-state index in [-0.39, 0.29) is 17.9 Å². The molecule has 0 aromatic heterocycles. The van der Waals surface area contributed by atoms with Crippen LogP contribution in [0.25, 0.3) is 0 Å². The van der Waals surface area contributed by atoms with Crippen molar-refractivity contribution in [3.8, 4) is 5.75 Å². The van der Waals surface area contributed by atoms with E-state index in [0.29, 0.717) is 27.0 Å². The molecule has 0 aliphatic heterocycles. The number of ether oxygens (including phenoxy) is 1. The van der Waals surface area contributed by atoms with Crippen molar-refractivity contribution in [2.75, 3.05) is 11.9 Å². The van der Waals surface area contributed by atoms with E-state index in [0.717, 1.165) is 15.6 Å². The summed E-state index contributed by atoms with van der Waals surface area (Å²) >= 11 is 6.79. The number of nitrogens with one attached hydrogen (secondary N) is 3. The second kappa shape index (κ2) is 11.7. The molecule has 0 fully saturated rings. The molecule has 3 aromatic rings. The minimum atomic E-state index is -0.515. The molecule has 36 heavy (non-hydrogen) atoms. The molecule has 3 amide bonds. The summed E-state index contributed by atoms with van der Waals surface area (Å²) in [6.45, 7) is 7.93. The number of halogens is 2. The van der Waals surface area contributed by atoms with Gasteiger partial charge in [0.25, 0.3) is 17.7 Å². The van der Waals surface area contributed by atoms with Crippen LogP contribution in [0.3, 0.4) is 0 Å². The molecule has 0 saturated carbocycles. The highest BCUT2D eigenvalue weighted by atomic mass is 79.9. The Hall–Kier alpha value is -3.17. The first-order valence-corrected chi connectivity index (χ1v) is 12.7. The third-order valence-electron chi connectivity index (χ3n) is 5.28. The Morgan fingerprint density at radius 3 is 2.00 bits per heavy atom. The molecule has 3 aromatic carbocycles. The molecule has 7 nitrogen and oxygen atoms in total. The Balaban J connectivity index is 1.49. The van der Waals surface area contributed by atoms with Crippen LogP contribution in [-0.2, 0) is 10.2 Å². The first kappa shape index (κ1) is 27.4. The van der Waals surface area contributed by atoms with Crippen LogP contribution in [-0.4, -0.2) is 24.3 Å². The molecule has 0 bridgehead atoms. The van der Waals surface area contributed by atoms with Crippen LogP contribution in [0.2, 0.25) is 0 Å². The van der Waals surface area contributed by atoms with Gasteiger partial charge in [0, 0.05) is 21.3 Å². The molecular formula is C27H27Br2N3O4. The number of amides is 3. The highest BCUT2D eigenvalue weighted by Crippen LogP contribution is 2.32. The zero-order valence-electron chi connectivity index (χ0n) is 20.4. The largest absolute Gasteiger partial charge is 0.482 e. The molecule has 9 heteroatoms. The van der Waals surface area contributed by atoms with Crippen LogP contribution in [0, 0.1) is 6.92 Å². The normalized spacial score (nSPS) is 10.9. The van der Waals surface area contributed by atoms with E-state index in [4.69, 9.17) is 4.74 Å². The minimum absolute atomic E-state index is 0.00757. The summed E-state index contributed by atoms with van der Waals surface area (Å²) in [5, 5.41) is 2.81. The SMILES string of the molecule is Cc1cc(Br)cc(Br)c1OCC(=O)NNC(=O)c1ccc(NC(=O)c2ccc(C(C)(C)C)cc2)cc1. The summed E-state index contributed by atoms with van der Waals surface area (Å²) < 4.78 is 7.16. The summed E-state index contributed by atoms with van der Waals surface area (Å²) in [5.41, 5.74) is 8.08. The van der Waals surface area contributed by atoms with Gasteiger partial charge in [0.05, 0.1) is 4.47 Å². The Bertz CT molecular complexity index is 1240. The molecule has 3 rings (SSSR count). The molecule has 0 saturated heterocycles. The number of hydrogen-bond donors (Lipinski definition) is 3. The first-order valence-electron chi connectivity index (χ1n) is 11.1. The van der Waals surface area contributed by atoms with Gasteiger partial charge in [0.15, 0.2) is 6.61 Å². The summed E-state index contributed by atoms with van der Waals surface area (Å²) in [5.74, 6) is -0.714. The van der Waals surface area contributed by atoms with Gasteiger partial charge in [-0.25, -0.2) is 0 Å². The lowest BCUT2D eigenvalue weighted by Crippen LogP contribution is -2.43. The molecule has 0 aliphatic carbocycles. The van der Waals surface area contributed by atoms with Crippen LogP contribution >= 0.6 is 31.9 Å². The molecule has 3 N–H and O–H groups in total. The number of aryl methyl sites for hydroxylation is 1. The summed E-state index contributed by atoms with van der Waals surface area (Å²) in [4.78, 5) is 37.0. The van der Waals surface area contributed by atoms with Gasteiger partial charge in [0.1, 0.15) is 5.75 Å². The molecular weight excluding hydrogens is 590 g/mol. The van der Waals surface area contributed by atoms with Crippen molar-refractivity contribution in [2.45, 2.75) is 33.1 Å². The fraction of sp³-hybridized carbons (Fsp3) is 0.222. The second-order valence-corrected chi connectivity index (χ2v) is 11.0. The van der Waals surface area contributed by atoms with E-state index in [2.05, 4.69) is 68.8 Å². The summed E-state index contributed by atoms with van der Waals surface area (Å²) in [6, 6.07) is 17.5. The Kier molecular flexibility index (Phi) is 8.92. The van der Waals surface area contributed by atoms with Crippen molar-refractivity contribution in [1.29, 1.82) is 0 Å². The third-order valence-corrected chi connectivity index (χ3v) is 6.32. The standard InChI is InChI=1S/C27H27Br2N3O4/c1-16-13-20(28)14-22(29)24(16)36-15-23(33)31-32-26(35)18-7-11-21(12-8-18)30-25(34)17-5-9-19(10-6-17)27(2,3)4/h5-14H,15H2,1-4H3,(H,30,34)(H,31,33)(H,32,35). The van der Waals surface area contributed by atoms with Crippen LogP contribution < -0.4 is 20.9 Å². The van der Waals surface area contributed by atoms with Crippen LogP contribution in [0.15, 0.2) is 69.6 Å². The molecule has 0 heterocycles. The highest BCUT2D eigenvalue weighted by molar-refractivity contribution is 9.11. The lowest BCUT2D eigenvalue weighted by Gasteiger charge is -2.19. The maximum absolute atomic E-state index is 12.5. The van der Waals surface area contributed by atoms with Crippen molar-refractivity contribution in [1.82, 2.24) is 10.9 Å². The number of anilines is 1. The average molecular weight is 617 g/mol. The fourth-order valence-electron chi connectivity index (χ4n) is 3.27. The summed E-state index contributed by atoms with van der Waals surface area (Å²) in [7, 11) is 0. The van der Waals surface area contributed by atoms with Gasteiger partial charge in [-0.05, 0) is 87.9 Å². The van der Waals surface area contributed by atoms with E-state index in [9.17, 15) is 14.4 Å². The van der Waals surface area contributed by atoms with Gasteiger partial charge in [-0.15, -0.1) is 0 Å². The first-order chi connectivity index (χ1) is 16.9. The average Bonchev–Trinajstić information content (AvgIpc) is 2.81. The Morgan fingerprint density at radius 1 is 0.833 bits per heavy atom. The van der Waals surface area contributed by atoms with Crippen molar-refractivity contribution in [3.63, 3.8) is 0 Å². The summed E-state index contributed by atoms with van der Waals surface area (Å²) in [6.07, 6.45) is 0. The van der Waals surface area contributed by atoms with E-state index >= 15 is 0 Å². The number of carbonyl (C=O) groups is 3. The topological polar surface area (TPSA) is 96.5 Å². The predicted octanol–water partition coefficient (Wildman–Crippen LogP) is 5.91. The Labute approximate surface area is 227 Å². The van der Waals surface area contributed by atoms with Crippen LogP contribution in [0.1, 0.15) is 52.6 Å². The molecule has 0 spiro atoms. The van der Waals surface area contributed by atoms with Crippen LogP contribution in [0.4, 0.5) is 5.69 Å². The molecule has 0 aliphatic rings. The van der Waals surface area contributed by atoms with Gasteiger partial charge >= 0.3 is 0 Å². The predicted molar refractivity (Wildman–Crippen MR) is 147 cm³/mol. The van der Waals surface area contributed by atoms with Crippen molar-refractivity contribution in [3.05, 3.63) is 91.9 Å². The highest BCUT2D eigenvalue weighted by Gasteiger charge is 2.15. The minimum Gasteiger partial charge on any atom is -0.482 e. The number of hydrogen-bond acceptors (Lipinski definition) is 4. The van der Waals surface area contributed by atoms with Gasteiger partial charge in [-0.3, -0.25) is 25.2 Å². The fourth-order valence-corrected chi connectivity index (χ4v) is 4.83. The number of hydrazine groups is 1. The van der Waals surface area contributed by atoms with E-state index in [1.165, 1.54) is 0 Å². The van der Waals surface area contributed by atoms with E-state index in [1.807, 2.05) is 31.2 Å². The second-order valence-electron chi connectivity index (χ2n) is 9.18.